The first-order valence-corrected chi connectivity index (χ1v) is 7.28. The van der Waals surface area contributed by atoms with Gasteiger partial charge in [-0.2, -0.15) is 0 Å². The molecule has 23 heavy (non-hydrogen) atoms. The second-order valence-electron chi connectivity index (χ2n) is 5.47. The normalized spacial score (nSPS) is 20.1. The van der Waals surface area contributed by atoms with Gasteiger partial charge < -0.3 is 26.4 Å². The van der Waals surface area contributed by atoms with Crippen molar-refractivity contribution in [1.29, 1.82) is 0 Å². The molecule has 0 aromatic heterocycles. The van der Waals surface area contributed by atoms with Gasteiger partial charge in [0.25, 0.3) is 0 Å². The Kier molecular flexibility index (Phi) is 7.12. The topological polar surface area (TPSA) is 105 Å². The third-order valence-electron chi connectivity index (χ3n) is 3.72. The van der Waals surface area contributed by atoms with Gasteiger partial charge >= 0.3 is 6.03 Å². The van der Waals surface area contributed by atoms with Crippen molar-refractivity contribution in [2.45, 2.75) is 25.8 Å². The summed E-state index contributed by atoms with van der Waals surface area (Å²) in [7, 11) is 1.49. The highest BCUT2D eigenvalue weighted by Gasteiger charge is 2.24. The Morgan fingerprint density at radius 2 is 2.09 bits per heavy atom. The van der Waals surface area contributed by atoms with Crippen molar-refractivity contribution in [3.8, 4) is 5.75 Å². The number of ether oxygens (including phenoxy) is 1. The summed E-state index contributed by atoms with van der Waals surface area (Å²) in [5, 5.41) is 8.69. The number of benzene rings is 1. The van der Waals surface area contributed by atoms with E-state index >= 15 is 0 Å². The third kappa shape index (κ3) is 5.30. The number of anilines is 2. The van der Waals surface area contributed by atoms with Gasteiger partial charge in [0.2, 0.25) is 5.91 Å². The van der Waals surface area contributed by atoms with E-state index in [1.165, 1.54) is 7.11 Å². The van der Waals surface area contributed by atoms with Crippen molar-refractivity contribution in [3.63, 3.8) is 0 Å². The van der Waals surface area contributed by atoms with Crippen molar-refractivity contribution in [3.05, 3.63) is 18.2 Å². The first kappa shape index (κ1) is 19.1. The van der Waals surface area contributed by atoms with Crippen molar-refractivity contribution in [2.24, 2.45) is 11.7 Å². The van der Waals surface area contributed by atoms with Crippen LogP contribution in [0.2, 0.25) is 0 Å². The lowest BCUT2D eigenvalue weighted by Crippen LogP contribution is -2.40. The van der Waals surface area contributed by atoms with E-state index in [1.54, 1.807) is 18.2 Å². The molecule has 0 spiro atoms. The number of carbonyl (C=O) groups is 2. The van der Waals surface area contributed by atoms with Gasteiger partial charge in [-0.15, -0.1) is 12.4 Å². The smallest absolute Gasteiger partial charge is 0.316 e. The van der Waals surface area contributed by atoms with Gasteiger partial charge in [0.15, 0.2) is 0 Å². The van der Waals surface area contributed by atoms with Crippen LogP contribution >= 0.6 is 12.4 Å². The Bertz CT molecular complexity index is 568. The summed E-state index contributed by atoms with van der Waals surface area (Å²) >= 11 is 0. The molecule has 1 aromatic carbocycles. The zero-order chi connectivity index (χ0) is 16.1. The van der Waals surface area contributed by atoms with Crippen LogP contribution in [0.4, 0.5) is 16.2 Å². The molecule has 7 nitrogen and oxygen atoms in total. The van der Waals surface area contributed by atoms with Gasteiger partial charge in [0.1, 0.15) is 5.75 Å². The highest BCUT2D eigenvalue weighted by Crippen LogP contribution is 2.28. The zero-order valence-electron chi connectivity index (χ0n) is 13.2. The maximum Gasteiger partial charge on any atom is 0.316 e. The molecule has 5 N–H and O–H groups in total. The molecule has 128 valence electrons. The number of carbonyl (C=O) groups excluding carboxylic acids is 2. The Morgan fingerprint density at radius 1 is 1.35 bits per heavy atom. The molecule has 0 aliphatic carbocycles. The van der Waals surface area contributed by atoms with Crippen LogP contribution in [0.3, 0.4) is 0 Å². The lowest BCUT2D eigenvalue weighted by molar-refractivity contribution is -0.120. The fourth-order valence-electron chi connectivity index (χ4n) is 2.62. The van der Waals surface area contributed by atoms with Crippen molar-refractivity contribution >= 4 is 35.7 Å². The van der Waals surface area contributed by atoms with Gasteiger partial charge in [-0.1, -0.05) is 0 Å². The minimum Gasteiger partial charge on any atom is -0.494 e. The number of amides is 3. The lowest BCUT2D eigenvalue weighted by Gasteiger charge is -2.27. The summed E-state index contributed by atoms with van der Waals surface area (Å²) in [4.78, 5) is 23.2. The van der Waals surface area contributed by atoms with E-state index in [9.17, 15) is 9.59 Å². The highest BCUT2D eigenvalue weighted by atomic mass is 35.5. The van der Waals surface area contributed by atoms with Gasteiger partial charge in [0, 0.05) is 23.7 Å². The number of urea groups is 1. The Hall–Kier alpha value is -1.99. The Balaban J connectivity index is 0.00000264. The maximum absolute atomic E-state index is 12.3. The molecule has 0 bridgehead atoms. The standard InChI is InChI=1S/C15H22N4O3.ClH/c1-9-7-10(5-6-17-9)14(20)18-11-3-4-12(19-15(16)21)13(8-11)22-2;/h3-4,8-10,17H,5-7H2,1-2H3,(H,18,20)(H3,16,19,21);1H/t9-,10-;/m0./s1. The largest absolute Gasteiger partial charge is 0.494 e. The predicted molar refractivity (Wildman–Crippen MR) is 92.3 cm³/mol. The zero-order valence-corrected chi connectivity index (χ0v) is 14.0. The number of primary amides is 1. The Morgan fingerprint density at radius 3 is 2.70 bits per heavy atom. The molecule has 1 aliphatic rings. The minimum absolute atomic E-state index is 0. The summed E-state index contributed by atoms with van der Waals surface area (Å²) in [6.07, 6.45) is 1.65. The predicted octanol–water partition coefficient (Wildman–Crippen LogP) is 1.93. The third-order valence-corrected chi connectivity index (χ3v) is 3.72. The second kappa shape index (κ2) is 8.59. The molecule has 0 unspecified atom stereocenters. The van der Waals surface area contributed by atoms with E-state index in [0.717, 1.165) is 19.4 Å². The second-order valence-corrected chi connectivity index (χ2v) is 5.47. The van der Waals surface area contributed by atoms with E-state index in [-0.39, 0.29) is 24.2 Å². The summed E-state index contributed by atoms with van der Waals surface area (Å²) in [5.74, 6) is 0.451. The van der Waals surface area contributed by atoms with Crippen LogP contribution in [-0.4, -0.2) is 31.6 Å². The van der Waals surface area contributed by atoms with Crippen LogP contribution in [0.1, 0.15) is 19.8 Å². The van der Waals surface area contributed by atoms with Gasteiger partial charge in [-0.3, -0.25) is 4.79 Å². The first-order valence-electron chi connectivity index (χ1n) is 7.28. The Labute approximate surface area is 141 Å². The van der Waals surface area contributed by atoms with Crippen LogP contribution < -0.4 is 26.4 Å². The summed E-state index contributed by atoms with van der Waals surface area (Å²) in [6, 6.07) is 4.69. The number of methoxy groups -OCH3 is 1. The maximum atomic E-state index is 12.3. The average molecular weight is 343 g/mol. The van der Waals surface area contributed by atoms with E-state index in [1.807, 2.05) is 0 Å². The quantitative estimate of drug-likeness (QED) is 0.671. The van der Waals surface area contributed by atoms with Crippen LogP contribution in [0.15, 0.2) is 18.2 Å². The van der Waals surface area contributed by atoms with E-state index in [0.29, 0.717) is 23.2 Å². The number of hydrogen-bond donors (Lipinski definition) is 4. The summed E-state index contributed by atoms with van der Waals surface area (Å²) < 4.78 is 5.20. The van der Waals surface area contributed by atoms with Crippen LogP contribution in [0.5, 0.6) is 5.75 Å². The molecule has 1 heterocycles. The van der Waals surface area contributed by atoms with E-state index in [2.05, 4.69) is 22.9 Å². The minimum atomic E-state index is -0.668. The van der Waals surface area contributed by atoms with Crippen molar-refractivity contribution in [1.82, 2.24) is 5.32 Å². The molecular formula is C15H23ClN4O3. The fraction of sp³-hybridized carbons (Fsp3) is 0.467. The monoisotopic (exact) mass is 342 g/mol. The molecule has 0 saturated carbocycles. The van der Waals surface area contributed by atoms with E-state index in [4.69, 9.17) is 10.5 Å². The fourth-order valence-corrected chi connectivity index (χ4v) is 2.62. The molecule has 8 heteroatoms. The van der Waals surface area contributed by atoms with Gasteiger partial charge in [-0.25, -0.2) is 4.79 Å². The summed E-state index contributed by atoms with van der Waals surface area (Å²) in [6.45, 7) is 2.93. The number of halogens is 1. The molecule has 2 rings (SSSR count). The molecule has 1 saturated heterocycles. The van der Waals surface area contributed by atoms with Crippen LogP contribution in [-0.2, 0) is 4.79 Å². The number of piperidine rings is 1. The molecule has 0 radical (unpaired) electrons. The molecule has 1 aliphatic heterocycles. The lowest BCUT2D eigenvalue weighted by atomic mass is 9.92. The van der Waals surface area contributed by atoms with E-state index < -0.39 is 6.03 Å². The van der Waals surface area contributed by atoms with Crippen molar-refractivity contribution in [2.75, 3.05) is 24.3 Å². The average Bonchev–Trinajstić information content (AvgIpc) is 2.48. The molecule has 3 amide bonds. The number of rotatable bonds is 4. The van der Waals surface area contributed by atoms with Crippen LogP contribution in [0.25, 0.3) is 0 Å². The first-order chi connectivity index (χ1) is 10.5. The summed E-state index contributed by atoms with van der Waals surface area (Å²) in [5.41, 5.74) is 6.19. The van der Waals surface area contributed by atoms with Gasteiger partial charge in [0.05, 0.1) is 12.8 Å². The number of nitrogens with one attached hydrogen (secondary N) is 3. The molecule has 1 aromatic rings. The number of hydrogen-bond acceptors (Lipinski definition) is 4. The van der Waals surface area contributed by atoms with Crippen molar-refractivity contribution < 1.29 is 14.3 Å². The SMILES string of the molecule is COc1cc(NC(=O)[C@H]2CCN[C@@H](C)C2)ccc1NC(N)=O.Cl. The molecule has 1 fully saturated rings. The molecule has 2 atom stereocenters. The number of nitrogens with two attached hydrogens (primary N) is 1. The molecular weight excluding hydrogens is 320 g/mol. The highest BCUT2D eigenvalue weighted by molar-refractivity contribution is 5.94. The van der Waals surface area contributed by atoms with Crippen LogP contribution in [0, 0.1) is 5.92 Å². The van der Waals surface area contributed by atoms with Gasteiger partial charge in [-0.05, 0) is 38.4 Å².